The largest absolute Gasteiger partial charge is 0.444 e. The van der Waals surface area contributed by atoms with Crippen molar-refractivity contribution in [1.29, 1.82) is 0 Å². The Kier molecular flexibility index (Phi) is 3.67. The van der Waals surface area contributed by atoms with Gasteiger partial charge in [-0.25, -0.2) is 9.78 Å². The third-order valence-corrected chi connectivity index (χ3v) is 2.85. The summed E-state index contributed by atoms with van der Waals surface area (Å²) in [6, 6.07) is 0. The number of nitrogens with zero attached hydrogens (tertiary/aromatic N) is 3. The van der Waals surface area contributed by atoms with Gasteiger partial charge in [0.15, 0.2) is 11.9 Å². The quantitative estimate of drug-likeness (QED) is 0.869. The zero-order chi connectivity index (χ0) is 15.7. The molecule has 0 spiro atoms. The van der Waals surface area contributed by atoms with Crippen LogP contribution >= 0.6 is 0 Å². The van der Waals surface area contributed by atoms with Crippen LogP contribution in [0.25, 0.3) is 5.65 Å². The molecule has 2 aromatic heterocycles. The predicted molar refractivity (Wildman–Crippen MR) is 75.8 cm³/mol. The second-order valence-corrected chi connectivity index (χ2v) is 5.90. The molecule has 0 saturated carbocycles. The molecule has 0 fully saturated rings. The van der Waals surface area contributed by atoms with Crippen LogP contribution in [0.5, 0.6) is 0 Å². The van der Waals surface area contributed by atoms with Gasteiger partial charge in [-0.15, -0.1) is 0 Å². The van der Waals surface area contributed by atoms with Crippen LogP contribution in [0.1, 0.15) is 33.4 Å². The fourth-order valence-electron chi connectivity index (χ4n) is 1.90. The summed E-state index contributed by atoms with van der Waals surface area (Å²) >= 11 is 0. The molecule has 1 amide bonds. The molecule has 2 aromatic rings. The second kappa shape index (κ2) is 5.16. The summed E-state index contributed by atoms with van der Waals surface area (Å²) in [4.78, 5) is 31.6. The van der Waals surface area contributed by atoms with Crippen LogP contribution in [0.15, 0.2) is 24.8 Å². The molecule has 112 valence electrons. The molecule has 0 aliphatic heterocycles. The zero-order valence-corrected chi connectivity index (χ0v) is 12.5. The molecular formula is C14H18N4O3. The molecule has 1 N–H and O–H groups in total. The van der Waals surface area contributed by atoms with Gasteiger partial charge in [-0.2, -0.15) is 0 Å². The summed E-state index contributed by atoms with van der Waals surface area (Å²) < 4.78 is 6.89. The van der Waals surface area contributed by atoms with Gasteiger partial charge in [0.2, 0.25) is 0 Å². The van der Waals surface area contributed by atoms with Gasteiger partial charge in [0.05, 0.1) is 18.1 Å². The molecule has 2 heterocycles. The molecule has 2 rings (SSSR count). The van der Waals surface area contributed by atoms with Crippen LogP contribution in [0.3, 0.4) is 0 Å². The van der Waals surface area contributed by atoms with Crippen molar-refractivity contribution in [3.05, 3.63) is 30.5 Å². The number of imidazole rings is 1. The number of nitrogens with one attached hydrogen (secondary N) is 1. The molecule has 0 aliphatic carbocycles. The smallest absolute Gasteiger partial charge is 0.408 e. The summed E-state index contributed by atoms with van der Waals surface area (Å²) in [7, 11) is 0. The third-order valence-electron chi connectivity index (χ3n) is 2.85. The lowest BCUT2D eigenvalue weighted by atomic mass is 10.0. The Hall–Kier alpha value is -2.44. The van der Waals surface area contributed by atoms with Crippen molar-refractivity contribution in [3.63, 3.8) is 0 Å². The number of carbonyl (C=O) groups excluding carboxylic acids is 2. The van der Waals surface area contributed by atoms with Gasteiger partial charge < -0.3 is 14.8 Å². The average molecular weight is 290 g/mol. The number of carbonyl (C=O) groups is 2. The second-order valence-electron chi connectivity index (χ2n) is 5.90. The van der Waals surface area contributed by atoms with Gasteiger partial charge in [-0.3, -0.25) is 9.38 Å². The number of hydrogen-bond acceptors (Lipinski definition) is 5. The first kappa shape index (κ1) is 15.0. The van der Waals surface area contributed by atoms with Crippen LogP contribution in [-0.2, 0) is 15.1 Å². The molecule has 1 unspecified atom stereocenters. The van der Waals surface area contributed by atoms with E-state index in [1.807, 2.05) is 0 Å². The predicted octanol–water partition coefficient (Wildman–Crippen LogP) is 1.67. The molecule has 0 saturated heterocycles. The van der Waals surface area contributed by atoms with Gasteiger partial charge in [0.1, 0.15) is 11.1 Å². The highest BCUT2D eigenvalue weighted by atomic mass is 16.6. The lowest BCUT2D eigenvalue weighted by molar-refractivity contribution is -0.113. The summed E-state index contributed by atoms with van der Waals surface area (Å²) in [5, 5.41) is 2.58. The summed E-state index contributed by atoms with van der Waals surface area (Å²) in [5.74, 6) is 0. The minimum atomic E-state index is -1.25. The van der Waals surface area contributed by atoms with Crippen molar-refractivity contribution in [3.8, 4) is 0 Å². The molecule has 1 atom stereocenters. The number of ether oxygens (including phenoxy) is 1. The normalized spacial score (nSPS) is 14.5. The van der Waals surface area contributed by atoms with E-state index >= 15 is 0 Å². The number of alkyl carbamates (subject to hydrolysis) is 1. The Bertz CT molecular complexity index is 674. The SMILES string of the molecule is CC(C)(C)OC(=O)NC(C)(C=O)c1cnc2cnccn12. The minimum Gasteiger partial charge on any atom is -0.444 e. The molecule has 0 aromatic carbocycles. The van der Waals surface area contributed by atoms with Gasteiger partial charge >= 0.3 is 6.09 Å². The summed E-state index contributed by atoms with van der Waals surface area (Å²) in [6.07, 6.45) is 6.35. The van der Waals surface area contributed by atoms with Crippen molar-refractivity contribution in [2.24, 2.45) is 0 Å². The zero-order valence-electron chi connectivity index (χ0n) is 12.5. The molecule has 7 heteroatoms. The Labute approximate surface area is 122 Å². The first-order valence-electron chi connectivity index (χ1n) is 6.50. The van der Waals surface area contributed by atoms with Crippen molar-refractivity contribution >= 4 is 18.0 Å². The monoisotopic (exact) mass is 290 g/mol. The van der Waals surface area contributed by atoms with E-state index in [1.54, 1.807) is 50.7 Å². The molecular weight excluding hydrogens is 272 g/mol. The van der Waals surface area contributed by atoms with E-state index in [0.29, 0.717) is 17.6 Å². The Morgan fingerprint density at radius 3 is 2.67 bits per heavy atom. The average Bonchev–Trinajstić information content (AvgIpc) is 2.80. The third kappa shape index (κ3) is 3.18. The van der Waals surface area contributed by atoms with E-state index in [1.165, 1.54) is 6.20 Å². The van der Waals surface area contributed by atoms with Crippen LogP contribution in [0, 0.1) is 0 Å². The van der Waals surface area contributed by atoms with E-state index in [-0.39, 0.29) is 0 Å². The molecule has 7 nitrogen and oxygen atoms in total. The molecule has 21 heavy (non-hydrogen) atoms. The van der Waals surface area contributed by atoms with Crippen molar-refractivity contribution in [1.82, 2.24) is 19.7 Å². The van der Waals surface area contributed by atoms with Crippen molar-refractivity contribution in [2.45, 2.75) is 38.8 Å². The van der Waals surface area contributed by atoms with E-state index < -0.39 is 17.2 Å². The molecule has 0 radical (unpaired) electrons. The summed E-state index contributed by atoms with van der Waals surface area (Å²) in [6.45, 7) is 6.86. The topological polar surface area (TPSA) is 85.6 Å². The number of aromatic nitrogens is 3. The number of rotatable bonds is 3. The van der Waals surface area contributed by atoms with E-state index in [4.69, 9.17) is 4.74 Å². The number of amides is 1. The van der Waals surface area contributed by atoms with E-state index in [0.717, 1.165) is 0 Å². The minimum absolute atomic E-state index is 0.528. The van der Waals surface area contributed by atoms with Crippen molar-refractivity contribution in [2.75, 3.05) is 0 Å². The summed E-state index contributed by atoms with van der Waals surface area (Å²) in [5.41, 5.74) is -0.771. The van der Waals surface area contributed by atoms with E-state index in [9.17, 15) is 9.59 Å². The Morgan fingerprint density at radius 1 is 1.33 bits per heavy atom. The maximum Gasteiger partial charge on any atom is 0.408 e. The van der Waals surface area contributed by atoms with Crippen molar-refractivity contribution < 1.29 is 14.3 Å². The van der Waals surface area contributed by atoms with Crippen LogP contribution in [0.4, 0.5) is 4.79 Å². The number of hydrogen-bond donors (Lipinski definition) is 1. The van der Waals surface area contributed by atoms with Gasteiger partial charge in [-0.05, 0) is 27.7 Å². The standard InChI is InChI=1S/C14H18N4O3/c1-13(2,3)21-12(20)17-14(4,9-19)10-7-16-11-8-15-5-6-18(10)11/h5-9H,1-4H3,(H,17,20). The van der Waals surface area contributed by atoms with Gasteiger partial charge in [-0.1, -0.05) is 0 Å². The Morgan fingerprint density at radius 2 is 2.05 bits per heavy atom. The fraction of sp³-hybridized carbons (Fsp3) is 0.429. The number of fused-ring (bicyclic) bond motifs is 1. The van der Waals surface area contributed by atoms with E-state index in [2.05, 4.69) is 15.3 Å². The first-order valence-corrected chi connectivity index (χ1v) is 6.50. The molecule has 0 bridgehead atoms. The maximum atomic E-state index is 11.9. The highest BCUT2D eigenvalue weighted by molar-refractivity contribution is 5.77. The van der Waals surface area contributed by atoms with Gasteiger partial charge in [0, 0.05) is 12.4 Å². The van der Waals surface area contributed by atoms with Crippen LogP contribution in [0.2, 0.25) is 0 Å². The maximum absolute atomic E-state index is 11.9. The Balaban J connectivity index is 2.33. The molecule has 0 aliphatic rings. The first-order chi connectivity index (χ1) is 9.75. The highest BCUT2D eigenvalue weighted by Crippen LogP contribution is 2.20. The highest BCUT2D eigenvalue weighted by Gasteiger charge is 2.33. The van der Waals surface area contributed by atoms with Gasteiger partial charge in [0.25, 0.3) is 0 Å². The van der Waals surface area contributed by atoms with Crippen LogP contribution in [-0.4, -0.2) is 32.3 Å². The number of aldehydes is 1. The lowest BCUT2D eigenvalue weighted by Gasteiger charge is -2.27. The van der Waals surface area contributed by atoms with Crippen LogP contribution < -0.4 is 5.32 Å². The fourth-order valence-corrected chi connectivity index (χ4v) is 1.90. The lowest BCUT2D eigenvalue weighted by Crippen LogP contribution is -2.47.